The zero-order chi connectivity index (χ0) is 35.1. The lowest BCUT2D eigenvalue weighted by molar-refractivity contribution is -0.116. The largest absolute Gasteiger partial charge is 0.392 e. The van der Waals surface area contributed by atoms with E-state index in [2.05, 4.69) is 123 Å². The van der Waals surface area contributed by atoms with Crippen molar-refractivity contribution in [2.24, 2.45) is 0 Å². The molecule has 0 aliphatic carbocycles. The molecule has 1 rings (SSSR count). The van der Waals surface area contributed by atoms with Crippen molar-refractivity contribution in [1.29, 1.82) is 0 Å². The number of ketones is 1. The molecule has 5 N–H and O–H groups in total. The van der Waals surface area contributed by atoms with Gasteiger partial charge in [0.1, 0.15) is 5.78 Å². The highest BCUT2D eigenvalue weighted by Crippen LogP contribution is 2.19. The van der Waals surface area contributed by atoms with Gasteiger partial charge in [0, 0.05) is 34.2 Å². The van der Waals surface area contributed by atoms with Crippen molar-refractivity contribution in [2.45, 2.75) is 191 Å². The van der Waals surface area contributed by atoms with E-state index >= 15 is 0 Å². The highest BCUT2D eigenvalue weighted by Gasteiger charge is 2.22. The molecule has 1 saturated heterocycles. The topological polar surface area (TPSA) is 88.7 Å². The van der Waals surface area contributed by atoms with E-state index in [4.69, 9.17) is 5.11 Å². The van der Waals surface area contributed by atoms with Gasteiger partial charge in [-0.05, 0) is 163 Å². The van der Waals surface area contributed by atoms with E-state index in [0.717, 1.165) is 13.1 Å². The van der Waals surface area contributed by atoms with Gasteiger partial charge < -0.3 is 26.4 Å². The maximum Gasteiger partial charge on any atom is 0.143 e. The highest BCUT2D eigenvalue weighted by atomic mass is 16.3. The molecule has 0 saturated carbocycles. The molecule has 0 aromatic rings. The second-order valence-corrected chi connectivity index (χ2v) is 17.0. The zero-order valence-electron chi connectivity index (χ0n) is 33.0. The first-order valence-corrected chi connectivity index (χ1v) is 17.0. The summed E-state index contributed by atoms with van der Waals surface area (Å²) in [5.41, 5.74) is 1.19. The average molecular weight is 618 g/mol. The fraction of sp³-hybridized carbons (Fsp3) is 0.972. The van der Waals surface area contributed by atoms with Crippen LogP contribution in [-0.4, -0.2) is 88.9 Å². The number of nitrogens with one attached hydrogen (secondary N) is 4. The monoisotopic (exact) mass is 618 g/mol. The molecule has 264 valence electrons. The molecular weight excluding hydrogens is 534 g/mol. The third-order valence-electron chi connectivity index (χ3n) is 5.71. The summed E-state index contributed by atoms with van der Waals surface area (Å²) in [5.74, 6) is 0.185. The summed E-state index contributed by atoms with van der Waals surface area (Å²) in [6.45, 7) is 45.9. The number of aliphatic hydroxyl groups excluding tert-OH is 1. The number of likely N-dealkylation sites (tertiary alicyclic amines) is 1. The van der Waals surface area contributed by atoms with Gasteiger partial charge in [0.05, 0.1) is 12.6 Å². The van der Waals surface area contributed by atoms with Crippen LogP contribution in [0.5, 0.6) is 0 Å². The van der Waals surface area contributed by atoms with Gasteiger partial charge in [0.25, 0.3) is 0 Å². The number of Topliss-reactive ketones (excluding diaryl/α,β-unsaturated/α-hetero) is 1. The Labute approximate surface area is 271 Å². The number of rotatable bonds is 7. The van der Waals surface area contributed by atoms with E-state index in [1.54, 1.807) is 13.8 Å². The van der Waals surface area contributed by atoms with E-state index in [1.165, 1.54) is 38.8 Å². The first-order valence-electron chi connectivity index (χ1n) is 17.0. The molecule has 7 nitrogen and oxygen atoms in total. The SMILES string of the molecule is CC(=O)CNC(C)(C)C.CC(C)(C)N1CCCCC1.CC(O)CNC(C)(C)C.CCCNC(C)(C)C.CCNC(C)(C)C. The maximum atomic E-state index is 10.4. The number of nitrogens with zero attached hydrogens (tertiary/aromatic N) is 1. The highest BCUT2D eigenvalue weighted by molar-refractivity contribution is 5.77. The molecule has 7 heteroatoms. The van der Waals surface area contributed by atoms with Crippen molar-refractivity contribution < 1.29 is 9.90 Å². The fourth-order valence-electron chi connectivity index (χ4n) is 3.44. The summed E-state index contributed by atoms with van der Waals surface area (Å²) >= 11 is 0. The minimum Gasteiger partial charge on any atom is -0.392 e. The standard InChI is InChI=1S/C9H19N.C7H17NO.C7H15NO.C7H17N.C6H15N/c1-9(2,3)10-7-5-4-6-8-10;2*1-6(9)5-8-7(2,3)4;1-5-6-8-7(2,3)4;1-5-7-6(2,3)4/h4-8H2,1-3H3;6,8-9H,5H2,1-4H3;8H,5H2,1-4H3;8H,5-6H2,1-4H3;7H,5H2,1-4H3. The van der Waals surface area contributed by atoms with Gasteiger partial charge in [0.2, 0.25) is 0 Å². The Morgan fingerprint density at radius 2 is 1.07 bits per heavy atom. The molecule has 0 spiro atoms. The molecule has 1 atom stereocenters. The van der Waals surface area contributed by atoms with Gasteiger partial charge in [0.15, 0.2) is 0 Å². The van der Waals surface area contributed by atoms with Crippen molar-refractivity contribution in [2.75, 3.05) is 39.3 Å². The van der Waals surface area contributed by atoms with Crippen molar-refractivity contribution in [3.05, 3.63) is 0 Å². The first-order chi connectivity index (χ1) is 19.1. The molecule has 0 aromatic heterocycles. The lowest BCUT2D eigenvalue weighted by Crippen LogP contribution is -2.44. The van der Waals surface area contributed by atoms with E-state index in [1.807, 2.05) is 20.8 Å². The van der Waals surface area contributed by atoms with Crippen LogP contribution < -0.4 is 21.3 Å². The molecule has 1 heterocycles. The number of carbonyl (C=O) groups excluding carboxylic acids is 1. The number of piperidine rings is 1. The third-order valence-corrected chi connectivity index (χ3v) is 5.71. The number of aliphatic hydroxyl groups is 1. The Kier molecular flexibility index (Phi) is 28.3. The quantitative estimate of drug-likeness (QED) is 0.207. The lowest BCUT2D eigenvalue weighted by atomic mass is 10.0. The molecule has 0 aromatic carbocycles. The smallest absolute Gasteiger partial charge is 0.143 e. The van der Waals surface area contributed by atoms with E-state index in [9.17, 15) is 4.79 Å². The van der Waals surface area contributed by atoms with Gasteiger partial charge in [-0.1, -0.05) is 20.3 Å². The van der Waals surface area contributed by atoms with Crippen LogP contribution in [0.15, 0.2) is 0 Å². The molecule has 1 aliphatic heterocycles. The van der Waals surface area contributed by atoms with Gasteiger partial charge >= 0.3 is 0 Å². The predicted molar refractivity (Wildman–Crippen MR) is 195 cm³/mol. The summed E-state index contributed by atoms with van der Waals surface area (Å²) in [6.07, 6.45) is 5.21. The van der Waals surface area contributed by atoms with Crippen LogP contribution in [0.1, 0.15) is 157 Å². The van der Waals surface area contributed by atoms with Crippen molar-refractivity contribution in [3.63, 3.8) is 0 Å². The minimum atomic E-state index is -0.246. The lowest BCUT2D eigenvalue weighted by Gasteiger charge is -2.38. The zero-order valence-corrected chi connectivity index (χ0v) is 33.0. The molecule has 1 fully saturated rings. The fourth-order valence-corrected chi connectivity index (χ4v) is 3.44. The normalized spacial score (nSPS) is 15.3. The van der Waals surface area contributed by atoms with Crippen molar-refractivity contribution in [3.8, 4) is 0 Å². The Hall–Kier alpha value is -0.570. The molecule has 0 bridgehead atoms. The number of hydrogen-bond donors (Lipinski definition) is 5. The molecule has 0 amide bonds. The van der Waals surface area contributed by atoms with Crippen molar-refractivity contribution >= 4 is 5.78 Å². The van der Waals surface area contributed by atoms with E-state index in [-0.39, 0.29) is 23.0 Å². The second-order valence-electron chi connectivity index (χ2n) is 17.0. The van der Waals surface area contributed by atoms with Crippen LogP contribution in [0, 0.1) is 0 Å². The summed E-state index contributed by atoms with van der Waals surface area (Å²) in [6, 6.07) is 0. The Morgan fingerprint density at radius 1 is 0.674 bits per heavy atom. The minimum absolute atomic E-state index is 0.0612. The second kappa shape index (κ2) is 24.6. The summed E-state index contributed by atoms with van der Waals surface area (Å²) < 4.78 is 0. The van der Waals surface area contributed by atoms with Gasteiger partial charge in [-0.2, -0.15) is 0 Å². The molecule has 43 heavy (non-hydrogen) atoms. The Balaban J connectivity index is -0.000000222. The Morgan fingerprint density at radius 3 is 1.21 bits per heavy atom. The van der Waals surface area contributed by atoms with Crippen LogP contribution in [0.4, 0.5) is 0 Å². The number of β-amino-alcohol motifs (C(OH)–C–C–N with tert-alkyl or cyclic N) is 1. The summed E-state index contributed by atoms with van der Waals surface area (Å²) in [4.78, 5) is 13.0. The van der Waals surface area contributed by atoms with E-state index < -0.39 is 0 Å². The molecular formula is C36H83N5O2. The first kappa shape index (κ1) is 49.3. The average Bonchev–Trinajstić information content (AvgIpc) is 2.80. The number of hydrogen-bond acceptors (Lipinski definition) is 7. The Bertz CT molecular complexity index is 624. The van der Waals surface area contributed by atoms with Crippen molar-refractivity contribution in [1.82, 2.24) is 26.2 Å². The van der Waals surface area contributed by atoms with Gasteiger partial charge in [-0.25, -0.2) is 0 Å². The summed E-state index contributed by atoms with van der Waals surface area (Å²) in [7, 11) is 0. The summed E-state index contributed by atoms with van der Waals surface area (Å²) in [5, 5.41) is 21.8. The van der Waals surface area contributed by atoms with E-state index in [0.29, 0.717) is 29.7 Å². The molecule has 0 radical (unpaired) electrons. The maximum absolute atomic E-state index is 10.4. The van der Waals surface area contributed by atoms with Gasteiger partial charge in [-0.15, -0.1) is 0 Å². The van der Waals surface area contributed by atoms with Crippen LogP contribution in [0.3, 0.4) is 0 Å². The van der Waals surface area contributed by atoms with Crippen LogP contribution >= 0.6 is 0 Å². The third kappa shape index (κ3) is 54.3. The van der Waals surface area contributed by atoms with Crippen LogP contribution in [0.2, 0.25) is 0 Å². The van der Waals surface area contributed by atoms with Crippen LogP contribution in [-0.2, 0) is 4.79 Å². The number of carbonyl (C=O) groups is 1. The van der Waals surface area contributed by atoms with Gasteiger partial charge in [-0.3, -0.25) is 9.69 Å². The predicted octanol–water partition coefficient (Wildman–Crippen LogP) is 7.17. The molecule has 1 aliphatic rings. The van der Waals surface area contributed by atoms with Crippen LogP contribution in [0.25, 0.3) is 0 Å². The molecule has 1 unspecified atom stereocenters.